The van der Waals surface area contributed by atoms with E-state index in [0.717, 1.165) is 18.4 Å². The third-order valence-electron chi connectivity index (χ3n) is 2.22. The summed E-state index contributed by atoms with van der Waals surface area (Å²) in [7, 11) is 0. The maximum absolute atomic E-state index is 12.6. The zero-order chi connectivity index (χ0) is 9.68. The lowest BCUT2D eigenvalue weighted by atomic mass is 9.99. The van der Waals surface area contributed by atoms with Gasteiger partial charge in [0.2, 0.25) is 0 Å². The van der Waals surface area contributed by atoms with E-state index in [1.807, 2.05) is 13.0 Å². The number of aliphatic hydroxyl groups is 1. The van der Waals surface area contributed by atoms with Crippen molar-refractivity contribution in [3.05, 3.63) is 23.8 Å². The fourth-order valence-electron chi connectivity index (χ4n) is 1.50. The number of hydrogen-bond donors (Lipinski definition) is 1. The molecule has 0 radical (unpaired) electrons. The largest absolute Gasteiger partial charge is 0.393 e. The molecule has 1 N–H and O–H groups in total. The topological polar surface area (TPSA) is 20.2 Å². The van der Waals surface area contributed by atoms with Crippen LogP contribution in [0.2, 0.25) is 0 Å². The van der Waals surface area contributed by atoms with Gasteiger partial charge in [-0.2, -0.15) is 0 Å². The summed E-state index contributed by atoms with van der Waals surface area (Å²) >= 11 is 0. The van der Waals surface area contributed by atoms with Crippen LogP contribution in [-0.4, -0.2) is 17.4 Å². The highest BCUT2D eigenvalue weighted by atomic mass is 19.1. The summed E-state index contributed by atoms with van der Waals surface area (Å²) in [6, 6.07) is 0. The highest BCUT2D eigenvalue weighted by Crippen LogP contribution is 2.18. The van der Waals surface area contributed by atoms with E-state index < -0.39 is 6.17 Å². The summed E-state index contributed by atoms with van der Waals surface area (Å²) in [5.41, 5.74) is 1.06. The average molecular weight is 184 g/mol. The fraction of sp³-hybridized carbons (Fsp3) is 0.636. The smallest absolute Gasteiger partial charge is 0.122 e. The molecule has 1 nitrogen and oxygen atoms in total. The van der Waals surface area contributed by atoms with Crippen LogP contribution in [0.4, 0.5) is 4.39 Å². The lowest BCUT2D eigenvalue weighted by Crippen LogP contribution is -2.08. The first-order chi connectivity index (χ1) is 6.22. The molecule has 0 bridgehead atoms. The van der Waals surface area contributed by atoms with Gasteiger partial charge in [-0.25, -0.2) is 4.39 Å². The molecule has 2 atom stereocenters. The van der Waals surface area contributed by atoms with E-state index in [0.29, 0.717) is 12.8 Å². The summed E-state index contributed by atoms with van der Waals surface area (Å²) in [5.74, 6) is 0. The highest BCUT2D eigenvalue weighted by molar-refractivity contribution is 5.24. The summed E-state index contributed by atoms with van der Waals surface area (Å²) in [6.45, 7) is 2.05. The van der Waals surface area contributed by atoms with Crippen LogP contribution in [0.15, 0.2) is 23.8 Å². The van der Waals surface area contributed by atoms with Gasteiger partial charge in [-0.3, -0.25) is 0 Å². The van der Waals surface area contributed by atoms with Crippen LogP contribution in [0, 0.1) is 0 Å². The van der Waals surface area contributed by atoms with E-state index in [1.165, 1.54) is 0 Å². The van der Waals surface area contributed by atoms with Gasteiger partial charge in [0.15, 0.2) is 0 Å². The maximum atomic E-state index is 12.6. The van der Waals surface area contributed by atoms with E-state index >= 15 is 0 Å². The van der Waals surface area contributed by atoms with Gasteiger partial charge < -0.3 is 5.11 Å². The molecule has 1 unspecified atom stereocenters. The minimum absolute atomic E-state index is 0.267. The van der Waals surface area contributed by atoms with Crippen LogP contribution in [-0.2, 0) is 0 Å². The molecule has 0 fully saturated rings. The van der Waals surface area contributed by atoms with Crippen molar-refractivity contribution in [2.45, 2.75) is 44.9 Å². The van der Waals surface area contributed by atoms with E-state index in [2.05, 4.69) is 0 Å². The van der Waals surface area contributed by atoms with E-state index in [4.69, 9.17) is 0 Å². The van der Waals surface area contributed by atoms with Crippen molar-refractivity contribution < 1.29 is 9.50 Å². The Labute approximate surface area is 79.0 Å². The van der Waals surface area contributed by atoms with Gasteiger partial charge in [-0.15, -0.1) is 0 Å². The Kier molecular flexibility index (Phi) is 4.16. The number of rotatable bonds is 4. The van der Waals surface area contributed by atoms with E-state index in [9.17, 15) is 9.50 Å². The molecule has 74 valence electrons. The Balaban J connectivity index is 2.34. The minimum Gasteiger partial charge on any atom is -0.393 e. The fourth-order valence-corrected chi connectivity index (χ4v) is 1.50. The molecule has 1 rings (SSSR count). The molecule has 0 saturated carbocycles. The lowest BCUT2D eigenvalue weighted by Gasteiger charge is -2.13. The quantitative estimate of drug-likeness (QED) is 0.712. The first-order valence-corrected chi connectivity index (χ1v) is 4.91. The highest BCUT2D eigenvalue weighted by Gasteiger charge is 2.09. The van der Waals surface area contributed by atoms with Gasteiger partial charge in [-0.05, 0) is 18.4 Å². The molecule has 0 aliphatic heterocycles. The molecule has 0 spiro atoms. The van der Waals surface area contributed by atoms with Gasteiger partial charge in [0.25, 0.3) is 0 Å². The number of aliphatic hydroxyl groups excluding tert-OH is 1. The third kappa shape index (κ3) is 3.73. The summed E-state index contributed by atoms with van der Waals surface area (Å²) in [4.78, 5) is 0. The molecule has 13 heavy (non-hydrogen) atoms. The lowest BCUT2D eigenvalue weighted by molar-refractivity contribution is 0.164. The van der Waals surface area contributed by atoms with Crippen LogP contribution in [0.25, 0.3) is 0 Å². The minimum atomic E-state index is -0.827. The Morgan fingerprint density at radius 2 is 2.46 bits per heavy atom. The number of halogens is 1. The molecule has 0 heterocycles. The van der Waals surface area contributed by atoms with Gasteiger partial charge in [0.05, 0.1) is 6.10 Å². The van der Waals surface area contributed by atoms with E-state index in [-0.39, 0.29) is 6.10 Å². The predicted molar refractivity (Wildman–Crippen MR) is 52.3 cm³/mol. The average Bonchev–Trinajstić information content (AvgIpc) is 2.09. The Morgan fingerprint density at radius 3 is 3.00 bits per heavy atom. The van der Waals surface area contributed by atoms with Crippen LogP contribution in [0.1, 0.15) is 32.6 Å². The van der Waals surface area contributed by atoms with Crippen LogP contribution in [0.3, 0.4) is 0 Å². The van der Waals surface area contributed by atoms with Crippen molar-refractivity contribution in [1.29, 1.82) is 0 Å². The number of hydrogen-bond acceptors (Lipinski definition) is 1. The molecule has 0 aromatic carbocycles. The summed E-state index contributed by atoms with van der Waals surface area (Å²) < 4.78 is 12.6. The second kappa shape index (κ2) is 5.18. The zero-order valence-electron chi connectivity index (χ0n) is 8.04. The predicted octanol–water partition coefficient (Wildman–Crippen LogP) is 2.76. The molecule has 0 saturated heterocycles. The third-order valence-corrected chi connectivity index (χ3v) is 2.22. The molecule has 0 aromatic heterocycles. The van der Waals surface area contributed by atoms with Crippen LogP contribution >= 0.6 is 0 Å². The van der Waals surface area contributed by atoms with Crippen molar-refractivity contribution in [3.8, 4) is 0 Å². The van der Waals surface area contributed by atoms with Crippen molar-refractivity contribution in [2.75, 3.05) is 0 Å². The summed E-state index contributed by atoms with van der Waals surface area (Å²) in [6.07, 6.45) is 7.07. The molecular formula is C11H17FO. The van der Waals surface area contributed by atoms with Gasteiger partial charge in [-0.1, -0.05) is 31.6 Å². The second-order valence-electron chi connectivity index (χ2n) is 3.54. The zero-order valence-corrected chi connectivity index (χ0v) is 8.04. The van der Waals surface area contributed by atoms with Gasteiger partial charge >= 0.3 is 0 Å². The van der Waals surface area contributed by atoms with Crippen LogP contribution < -0.4 is 0 Å². The summed E-state index contributed by atoms with van der Waals surface area (Å²) in [5, 5.41) is 9.50. The molecule has 1 aliphatic rings. The van der Waals surface area contributed by atoms with Crippen molar-refractivity contribution in [2.24, 2.45) is 0 Å². The van der Waals surface area contributed by atoms with Crippen molar-refractivity contribution in [3.63, 3.8) is 0 Å². The van der Waals surface area contributed by atoms with Gasteiger partial charge in [0.1, 0.15) is 6.17 Å². The molecule has 2 heteroatoms. The Morgan fingerprint density at radius 1 is 1.69 bits per heavy atom. The van der Waals surface area contributed by atoms with Crippen LogP contribution in [0.5, 0.6) is 0 Å². The Bertz CT molecular complexity index is 208. The standard InChI is InChI=1S/C11H17FO/c1-2-3-11(13)8-9-4-6-10(12)7-5-9/h4-6,10-11,13H,2-3,7-8H2,1H3/t10?,11-/m0/s1. The molecular weight excluding hydrogens is 167 g/mol. The molecule has 0 aromatic rings. The normalized spacial score (nSPS) is 24.2. The number of alkyl halides is 1. The first kappa shape index (κ1) is 10.5. The van der Waals surface area contributed by atoms with E-state index in [1.54, 1.807) is 12.2 Å². The number of allylic oxidation sites excluding steroid dienone is 3. The first-order valence-electron chi connectivity index (χ1n) is 4.91. The monoisotopic (exact) mass is 184 g/mol. The molecule has 1 aliphatic carbocycles. The Hall–Kier alpha value is -0.630. The van der Waals surface area contributed by atoms with Crippen molar-refractivity contribution in [1.82, 2.24) is 0 Å². The van der Waals surface area contributed by atoms with Crippen molar-refractivity contribution >= 4 is 0 Å². The second-order valence-corrected chi connectivity index (χ2v) is 3.54. The van der Waals surface area contributed by atoms with Gasteiger partial charge in [0, 0.05) is 6.42 Å². The maximum Gasteiger partial charge on any atom is 0.122 e. The molecule has 0 amide bonds. The SMILES string of the molecule is CCC[C@H](O)CC1=CCC(F)C=C1.